The predicted molar refractivity (Wildman–Crippen MR) is 127 cm³/mol. The summed E-state index contributed by atoms with van der Waals surface area (Å²) in [6, 6.07) is 11.8. The molecule has 2 atom stereocenters. The van der Waals surface area contributed by atoms with Gasteiger partial charge in [0.2, 0.25) is 10.0 Å². The van der Waals surface area contributed by atoms with Gasteiger partial charge in [0, 0.05) is 25.3 Å². The average molecular weight is 487 g/mol. The van der Waals surface area contributed by atoms with Gasteiger partial charge in [0.05, 0.1) is 12.7 Å². The fourth-order valence-electron chi connectivity index (χ4n) is 4.83. The zero-order valence-electron chi connectivity index (χ0n) is 19.7. The Hall–Kier alpha value is -2.91. The number of carbonyl (C=O) groups is 2. The van der Waals surface area contributed by atoms with Crippen LogP contribution in [0.5, 0.6) is 5.75 Å². The number of piperidine rings is 1. The molecule has 2 aromatic rings. The highest BCUT2D eigenvalue weighted by Crippen LogP contribution is 2.32. The van der Waals surface area contributed by atoms with E-state index in [2.05, 4.69) is 0 Å². The SMILES string of the molecule is COc1ccc(C(=O)OCC(=O)N2CCc3ccccc32)cc1S(=O)(=O)N1CC(C)CC(C)C1. The number of esters is 1. The zero-order chi connectivity index (χ0) is 24.5. The van der Waals surface area contributed by atoms with E-state index in [-0.39, 0.29) is 34.0 Å². The minimum atomic E-state index is -3.88. The Morgan fingerprint density at radius 3 is 2.47 bits per heavy atom. The van der Waals surface area contributed by atoms with Gasteiger partial charge in [0.15, 0.2) is 6.61 Å². The first-order chi connectivity index (χ1) is 16.2. The van der Waals surface area contributed by atoms with Gasteiger partial charge in [-0.15, -0.1) is 0 Å². The third kappa shape index (κ3) is 4.81. The maximum atomic E-state index is 13.4. The molecule has 8 nitrogen and oxygen atoms in total. The Bertz CT molecular complexity index is 1190. The summed E-state index contributed by atoms with van der Waals surface area (Å²) < 4.78 is 38.8. The number of hydrogen-bond acceptors (Lipinski definition) is 6. The fourth-order valence-corrected chi connectivity index (χ4v) is 6.69. The van der Waals surface area contributed by atoms with Crippen molar-refractivity contribution in [1.82, 2.24) is 4.31 Å². The van der Waals surface area contributed by atoms with Crippen molar-refractivity contribution in [2.45, 2.75) is 31.6 Å². The smallest absolute Gasteiger partial charge is 0.338 e. The number of ether oxygens (including phenoxy) is 2. The minimum absolute atomic E-state index is 0.0482. The van der Waals surface area contributed by atoms with Gasteiger partial charge in [-0.3, -0.25) is 4.79 Å². The number of amides is 1. The quantitative estimate of drug-likeness (QED) is 0.583. The van der Waals surface area contributed by atoms with Crippen LogP contribution in [0.25, 0.3) is 0 Å². The largest absolute Gasteiger partial charge is 0.495 e. The van der Waals surface area contributed by atoms with Gasteiger partial charge in [-0.2, -0.15) is 4.31 Å². The van der Waals surface area contributed by atoms with E-state index in [0.29, 0.717) is 19.6 Å². The first kappa shape index (κ1) is 24.2. The number of hydrogen-bond donors (Lipinski definition) is 0. The van der Waals surface area contributed by atoms with E-state index >= 15 is 0 Å². The summed E-state index contributed by atoms with van der Waals surface area (Å²) in [6.45, 7) is 4.99. The molecule has 2 heterocycles. The number of nitrogens with zero attached hydrogens (tertiary/aromatic N) is 2. The number of carbonyl (C=O) groups excluding carboxylic acids is 2. The fraction of sp³-hybridized carbons (Fsp3) is 0.440. The summed E-state index contributed by atoms with van der Waals surface area (Å²) >= 11 is 0. The lowest BCUT2D eigenvalue weighted by molar-refractivity contribution is -0.121. The summed E-state index contributed by atoms with van der Waals surface area (Å²) in [4.78, 5) is 26.9. The van der Waals surface area contributed by atoms with Gasteiger partial charge in [-0.25, -0.2) is 13.2 Å². The van der Waals surface area contributed by atoms with Crippen LogP contribution in [0.15, 0.2) is 47.4 Å². The number of methoxy groups -OCH3 is 1. The van der Waals surface area contributed by atoms with Crippen molar-refractivity contribution in [3.63, 3.8) is 0 Å². The van der Waals surface area contributed by atoms with Crippen LogP contribution in [-0.2, 0) is 26.0 Å². The summed E-state index contributed by atoms with van der Waals surface area (Å²) in [5.74, 6) is -0.456. The molecule has 1 saturated heterocycles. The second kappa shape index (κ2) is 9.76. The van der Waals surface area contributed by atoms with Crippen molar-refractivity contribution in [3.05, 3.63) is 53.6 Å². The molecular formula is C25H30N2O6S. The molecule has 2 unspecified atom stereocenters. The number of para-hydroxylation sites is 1. The van der Waals surface area contributed by atoms with Crippen LogP contribution < -0.4 is 9.64 Å². The topological polar surface area (TPSA) is 93.2 Å². The van der Waals surface area contributed by atoms with E-state index in [9.17, 15) is 18.0 Å². The lowest BCUT2D eigenvalue weighted by Crippen LogP contribution is -2.42. The van der Waals surface area contributed by atoms with Crippen molar-refractivity contribution in [1.29, 1.82) is 0 Å². The summed E-state index contributed by atoms with van der Waals surface area (Å²) in [5.41, 5.74) is 1.95. The molecule has 1 fully saturated rings. The van der Waals surface area contributed by atoms with Gasteiger partial charge < -0.3 is 14.4 Å². The molecule has 182 valence electrons. The second-order valence-corrected chi connectivity index (χ2v) is 11.0. The predicted octanol–water partition coefficient (Wildman–Crippen LogP) is 3.11. The molecule has 0 radical (unpaired) electrons. The molecule has 1 amide bonds. The van der Waals surface area contributed by atoms with Crippen LogP contribution in [0.1, 0.15) is 36.2 Å². The Morgan fingerprint density at radius 2 is 1.76 bits per heavy atom. The molecule has 2 aliphatic heterocycles. The van der Waals surface area contributed by atoms with Crippen molar-refractivity contribution in [2.75, 3.05) is 38.3 Å². The van der Waals surface area contributed by atoms with E-state index in [1.165, 1.54) is 29.6 Å². The summed E-state index contributed by atoms with van der Waals surface area (Å²) in [5, 5.41) is 0. The van der Waals surface area contributed by atoms with Crippen LogP contribution in [0.4, 0.5) is 5.69 Å². The molecule has 0 spiro atoms. The van der Waals surface area contributed by atoms with E-state index < -0.39 is 22.6 Å². The maximum Gasteiger partial charge on any atom is 0.338 e. The van der Waals surface area contributed by atoms with Crippen LogP contribution in [0, 0.1) is 11.8 Å². The second-order valence-electron chi connectivity index (χ2n) is 9.13. The van der Waals surface area contributed by atoms with Crippen molar-refractivity contribution >= 4 is 27.6 Å². The first-order valence-corrected chi connectivity index (χ1v) is 12.9. The van der Waals surface area contributed by atoms with E-state index in [1.807, 2.05) is 38.1 Å². The van der Waals surface area contributed by atoms with E-state index in [4.69, 9.17) is 9.47 Å². The van der Waals surface area contributed by atoms with Crippen LogP contribution in [-0.4, -0.2) is 58.0 Å². The molecule has 0 saturated carbocycles. The van der Waals surface area contributed by atoms with Gasteiger partial charge in [0.25, 0.3) is 5.91 Å². The zero-order valence-corrected chi connectivity index (χ0v) is 20.5. The molecule has 2 aliphatic rings. The third-order valence-electron chi connectivity index (χ3n) is 6.37. The van der Waals surface area contributed by atoms with E-state index in [1.54, 1.807) is 4.90 Å². The van der Waals surface area contributed by atoms with Gasteiger partial charge in [0.1, 0.15) is 10.6 Å². The lowest BCUT2D eigenvalue weighted by atomic mass is 9.94. The molecule has 0 bridgehead atoms. The maximum absolute atomic E-state index is 13.4. The van der Waals surface area contributed by atoms with Crippen molar-refractivity contribution < 1.29 is 27.5 Å². The average Bonchev–Trinajstić information content (AvgIpc) is 3.25. The Kier molecular flexibility index (Phi) is 6.95. The molecule has 0 N–H and O–H groups in total. The molecule has 2 aromatic carbocycles. The highest BCUT2D eigenvalue weighted by Gasteiger charge is 2.34. The Balaban J connectivity index is 1.50. The van der Waals surface area contributed by atoms with Gasteiger partial charge in [-0.05, 0) is 54.5 Å². The van der Waals surface area contributed by atoms with E-state index in [0.717, 1.165) is 24.1 Å². The van der Waals surface area contributed by atoms with Crippen LogP contribution in [0.3, 0.4) is 0 Å². The molecule has 0 aliphatic carbocycles. The number of anilines is 1. The number of sulfonamides is 1. The number of benzene rings is 2. The Morgan fingerprint density at radius 1 is 1.06 bits per heavy atom. The minimum Gasteiger partial charge on any atom is -0.495 e. The molecular weight excluding hydrogens is 456 g/mol. The first-order valence-electron chi connectivity index (χ1n) is 11.4. The van der Waals surface area contributed by atoms with Crippen molar-refractivity contribution in [2.24, 2.45) is 11.8 Å². The van der Waals surface area contributed by atoms with Gasteiger partial charge in [-0.1, -0.05) is 32.0 Å². The van der Waals surface area contributed by atoms with Crippen LogP contribution in [0.2, 0.25) is 0 Å². The highest BCUT2D eigenvalue weighted by atomic mass is 32.2. The standard InChI is InChI=1S/C25H30N2O6S/c1-17-12-18(2)15-26(14-17)34(30,31)23-13-20(8-9-22(23)32-3)25(29)33-16-24(28)27-11-10-19-6-4-5-7-21(19)27/h4-9,13,17-18H,10-12,14-16H2,1-3H3. The molecule has 9 heteroatoms. The van der Waals surface area contributed by atoms with Gasteiger partial charge >= 0.3 is 5.97 Å². The molecule has 0 aromatic heterocycles. The normalized spacial score (nSPS) is 20.6. The Labute approximate surface area is 200 Å². The number of rotatable bonds is 6. The highest BCUT2D eigenvalue weighted by molar-refractivity contribution is 7.89. The van der Waals surface area contributed by atoms with Crippen LogP contribution >= 0.6 is 0 Å². The molecule has 34 heavy (non-hydrogen) atoms. The third-order valence-corrected chi connectivity index (χ3v) is 8.22. The summed E-state index contributed by atoms with van der Waals surface area (Å²) in [6.07, 6.45) is 1.72. The lowest BCUT2D eigenvalue weighted by Gasteiger charge is -2.34. The number of fused-ring (bicyclic) bond motifs is 1. The summed E-state index contributed by atoms with van der Waals surface area (Å²) in [7, 11) is -2.49. The monoisotopic (exact) mass is 486 g/mol. The molecule has 4 rings (SSSR count). The van der Waals surface area contributed by atoms with Crippen molar-refractivity contribution in [3.8, 4) is 5.75 Å².